The van der Waals surface area contributed by atoms with Gasteiger partial charge in [-0.05, 0) is 38.5 Å². The van der Waals surface area contributed by atoms with E-state index in [0.717, 1.165) is 70.2 Å². The van der Waals surface area contributed by atoms with Crippen LogP contribution in [0, 0.1) is 0 Å². The van der Waals surface area contributed by atoms with Crippen molar-refractivity contribution in [2.24, 2.45) is 4.99 Å². The number of nitrogens with one attached hydrogen (secondary N) is 1. The summed E-state index contributed by atoms with van der Waals surface area (Å²) in [6.07, 6.45) is 7.36. The molecule has 6 nitrogen and oxygen atoms in total. The number of hydrogen-bond donors (Lipinski definition) is 1. The monoisotopic (exact) mass is 508 g/mol. The molecule has 27 heavy (non-hydrogen) atoms. The highest BCUT2D eigenvalue weighted by Gasteiger charge is 2.23. The summed E-state index contributed by atoms with van der Waals surface area (Å²) in [7, 11) is 1.85. The molecule has 0 aromatic carbocycles. The van der Waals surface area contributed by atoms with Crippen LogP contribution in [0.1, 0.15) is 49.7 Å². The van der Waals surface area contributed by atoms with Gasteiger partial charge in [-0.15, -0.1) is 35.3 Å². The van der Waals surface area contributed by atoms with Crippen LogP contribution < -0.4 is 5.32 Å². The summed E-state index contributed by atoms with van der Waals surface area (Å²) in [5.41, 5.74) is 1.10. The lowest BCUT2D eigenvalue weighted by molar-refractivity contribution is -0.0721. The number of rotatable bonds is 6. The van der Waals surface area contributed by atoms with Crippen LogP contribution in [0.2, 0.25) is 0 Å². The van der Waals surface area contributed by atoms with Gasteiger partial charge in [0.2, 0.25) is 0 Å². The van der Waals surface area contributed by atoms with Crippen LogP contribution in [0.15, 0.2) is 10.4 Å². The third kappa shape index (κ3) is 7.14. The quantitative estimate of drug-likeness (QED) is 0.363. The zero-order valence-electron chi connectivity index (χ0n) is 16.5. The van der Waals surface area contributed by atoms with Gasteiger partial charge in [-0.1, -0.05) is 6.92 Å². The number of piperidine rings is 1. The molecule has 1 unspecified atom stereocenters. The molecule has 0 radical (unpaired) electrons. The van der Waals surface area contributed by atoms with E-state index in [4.69, 9.17) is 9.47 Å². The number of thiazole rings is 1. The van der Waals surface area contributed by atoms with E-state index in [9.17, 15) is 0 Å². The number of halogens is 1. The Labute approximate surface area is 184 Å². The highest BCUT2D eigenvalue weighted by atomic mass is 127. The number of nitrogens with zero attached hydrogens (tertiary/aromatic N) is 3. The van der Waals surface area contributed by atoms with E-state index in [1.165, 1.54) is 17.8 Å². The molecule has 2 aliphatic heterocycles. The van der Waals surface area contributed by atoms with Crippen LogP contribution in [0.3, 0.4) is 0 Å². The average molecular weight is 508 g/mol. The molecule has 154 valence electrons. The van der Waals surface area contributed by atoms with Crippen molar-refractivity contribution in [3.05, 3.63) is 16.1 Å². The molecule has 1 atom stereocenters. The average Bonchev–Trinajstić information content (AvgIpc) is 3.17. The first-order valence-electron chi connectivity index (χ1n) is 9.90. The van der Waals surface area contributed by atoms with Crippen molar-refractivity contribution in [2.45, 2.75) is 64.2 Å². The molecule has 0 aliphatic carbocycles. The smallest absolute Gasteiger partial charge is 0.193 e. The van der Waals surface area contributed by atoms with Crippen LogP contribution >= 0.6 is 35.3 Å². The van der Waals surface area contributed by atoms with Gasteiger partial charge in [0.15, 0.2) is 5.96 Å². The molecule has 2 saturated heterocycles. The lowest BCUT2D eigenvalue weighted by atomic mass is 10.1. The van der Waals surface area contributed by atoms with Gasteiger partial charge in [-0.25, -0.2) is 4.98 Å². The summed E-state index contributed by atoms with van der Waals surface area (Å²) >= 11 is 1.73. The Balaban J connectivity index is 0.00000261. The third-order valence-electron chi connectivity index (χ3n) is 5.07. The van der Waals surface area contributed by atoms with Gasteiger partial charge >= 0.3 is 0 Å². The second kappa shape index (κ2) is 12.2. The maximum atomic E-state index is 6.11. The van der Waals surface area contributed by atoms with Gasteiger partial charge in [-0.2, -0.15) is 0 Å². The fourth-order valence-electron chi connectivity index (χ4n) is 3.51. The second-order valence-corrected chi connectivity index (χ2v) is 7.94. The summed E-state index contributed by atoms with van der Waals surface area (Å²) < 4.78 is 11.9. The molecule has 8 heteroatoms. The fourth-order valence-corrected chi connectivity index (χ4v) is 4.26. The Morgan fingerprint density at radius 2 is 2.19 bits per heavy atom. The lowest BCUT2D eigenvalue weighted by Gasteiger charge is -2.35. The molecule has 1 N–H and O–H groups in total. The maximum Gasteiger partial charge on any atom is 0.193 e. The summed E-state index contributed by atoms with van der Waals surface area (Å²) in [6, 6.07) is 0. The van der Waals surface area contributed by atoms with E-state index < -0.39 is 0 Å². The van der Waals surface area contributed by atoms with Crippen LogP contribution in [-0.4, -0.2) is 61.4 Å². The van der Waals surface area contributed by atoms with Gasteiger partial charge < -0.3 is 19.7 Å². The lowest BCUT2D eigenvalue weighted by Crippen LogP contribution is -2.47. The number of likely N-dealkylation sites (tertiary alicyclic amines) is 1. The molecular weight excluding hydrogens is 475 g/mol. The second-order valence-electron chi connectivity index (χ2n) is 7.00. The molecule has 0 spiro atoms. The van der Waals surface area contributed by atoms with Crippen LogP contribution in [0.4, 0.5) is 0 Å². The van der Waals surface area contributed by atoms with Crippen molar-refractivity contribution in [2.75, 3.05) is 33.4 Å². The van der Waals surface area contributed by atoms with Gasteiger partial charge in [0.25, 0.3) is 0 Å². The molecule has 2 aliphatic rings. The van der Waals surface area contributed by atoms with E-state index in [2.05, 4.69) is 32.5 Å². The zero-order valence-corrected chi connectivity index (χ0v) is 19.6. The SMILES string of the molecule is CCc1nc(CNC(=NC)N2CCC(OCC3CCCCO3)CC2)cs1.I. The Morgan fingerprint density at radius 1 is 1.37 bits per heavy atom. The van der Waals surface area contributed by atoms with E-state index in [1.807, 2.05) is 7.05 Å². The predicted molar refractivity (Wildman–Crippen MR) is 121 cm³/mol. The molecule has 1 aromatic rings. The Bertz CT molecular complexity index is 570. The van der Waals surface area contributed by atoms with Crippen molar-refractivity contribution in [3.63, 3.8) is 0 Å². The first-order chi connectivity index (χ1) is 12.8. The number of aromatic nitrogens is 1. The molecule has 3 heterocycles. The first-order valence-corrected chi connectivity index (χ1v) is 10.8. The largest absolute Gasteiger partial charge is 0.376 e. The molecular formula is C19H33IN4O2S. The minimum absolute atomic E-state index is 0. The highest BCUT2D eigenvalue weighted by molar-refractivity contribution is 14.0. The van der Waals surface area contributed by atoms with Crippen LogP contribution in [-0.2, 0) is 22.4 Å². The van der Waals surface area contributed by atoms with Crippen molar-refractivity contribution in [3.8, 4) is 0 Å². The number of aryl methyl sites for hydroxylation is 1. The highest BCUT2D eigenvalue weighted by Crippen LogP contribution is 2.18. The van der Waals surface area contributed by atoms with Crippen LogP contribution in [0.25, 0.3) is 0 Å². The molecule has 1 aromatic heterocycles. The minimum Gasteiger partial charge on any atom is -0.376 e. The Morgan fingerprint density at radius 3 is 2.81 bits per heavy atom. The number of hydrogen-bond acceptors (Lipinski definition) is 5. The predicted octanol–water partition coefficient (Wildman–Crippen LogP) is 3.45. The summed E-state index contributed by atoms with van der Waals surface area (Å²) in [5.74, 6) is 0.963. The van der Waals surface area contributed by atoms with E-state index in [1.54, 1.807) is 11.3 Å². The number of guanidine groups is 1. The molecule has 0 amide bonds. The van der Waals surface area contributed by atoms with Crippen LogP contribution in [0.5, 0.6) is 0 Å². The fraction of sp³-hybridized carbons (Fsp3) is 0.789. The first kappa shape index (κ1) is 22.8. The standard InChI is InChI=1S/C19H32N4O2S.HI/c1-3-18-22-15(14-26-18)12-21-19(20-2)23-9-7-16(8-10-23)25-13-17-6-4-5-11-24-17;/h14,16-17H,3-13H2,1-2H3,(H,20,21);1H. The van der Waals surface area contributed by atoms with Crippen molar-refractivity contribution in [1.29, 1.82) is 0 Å². The zero-order chi connectivity index (χ0) is 18.2. The van der Waals surface area contributed by atoms with Crippen molar-refractivity contribution >= 4 is 41.3 Å². The van der Waals surface area contributed by atoms with Gasteiger partial charge in [0.05, 0.1) is 36.1 Å². The van der Waals surface area contributed by atoms with Crippen molar-refractivity contribution in [1.82, 2.24) is 15.2 Å². The number of ether oxygens (including phenoxy) is 2. The van der Waals surface area contributed by atoms with Gasteiger partial charge in [0, 0.05) is 32.1 Å². The third-order valence-corrected chi connectivity index (χ3v) is 6.12. The van der Waals surface area contributed by atoms with E-state index >= 15 is 0 Å². The van der Waals surface area contributed by atoms with E-state index in [0.29, 0.717) is 12.2 Å². The molecule has 0 bridgehead atoms. The van der Waals surface area contributed by atoms with Gasteiger partial charge in [0.1, 0.15) is 0 Å². The summed E-state index contributed by atoms with van der Waals surface area (Å²) in [4.78, 5) is 11.4. The minimum atomic E-state index is 0. The topological polar surface area (TPSA) is 59.0 Å². The summed E-state index contributed by atoms with van der Waals surface area (Å²) in [6.45, 7) is 6.48. The molecule has 2 fully saturated rings. The summed E-state index contributed by atoms with van der Waals surface area (Å²) in [5, 5.41) is 6.77. The van der Waals surface area contributed by atoms with Gasteiger partial charge in [-0.3, -0.25) is 4.99 Å². The van der Waals surface area contributed by atoms with E-state index in [-0.39, 0.29) is 24.0 Å². The Hall–Kier alpha value is -0.450. The number of aliphatic imine (C=N–C) groups is 1. The molecule has 0 saturated carbocycles. The molecule has 3 rings (SSSR count). The Kier molecular flexibility index (Phi) is 10.3. The maximum absolute atomic E-state index is 6.11. The van der Waals surface area contributed by atoms with Crippen molar-refractivity contribution < 1.29 is 9.47 Å². The normalized spacial score (nSPS) is 21.8.